The van der Waals surface area contributed by atoms with Crippen LogP contribution in [0.1, 0.15) is 6.92 Å². The zero-order valence-electron chi connectivity index (χ0n) is 9.27. The van der Waals surface area contributed by atoms with Crippen LogP contribution in [0.4, 0.5) is 0 Å². The maximum Gasteiger partial charge on any atom is 0.0920 e. The van der Waals surface area contributed by atoms with Crippen LogP contribution in [0.5, 0.6) is 0 Å². The molecule has 80 valence electrons. The van der Waals surface area contributed by atoms with Gasteiger partial charge in [-0.15, -0.1) is 0 Å². The van der Waals surface area contributed by atoms with Gasteiger partial charge in [0.15, 0.2) is 0 Å². The number of allylic oxidation sites excluding steroid dienone is 2. The third kappa shape index (κ3) is 2.11. The molecule has 0 unspecified atom stereocenters. The molecule has 0 saturated heterocycles. The van der Waals surface area contributed by atoms with Crippen LogP contribution in [0.2, 0.25) is 0 Å². The van der Waals surface area contributed by atoms with Crippen molar-refractivity contribution < 1.29 is 0 Å². The zero-order valence-corrected chi connectivity index (χ0v) is 9.27. The maximum absolute atomic E-state index is 4.16. The Balaban J connectivity index is 2.56. The number of aromatic nitrogens is 2. The molecule has 0 aliphatic rings. The van der Waals surface area contributed by atoms with Crippen LogP contribution < -0.4 is 10.4 Å². The molecule has 1 aromatic carbocycles. The van der Waals surface area contributed by atoms with E-state index < -0.39 is 0 Å². The molecule has 0 fully saturated rings. The Morgan fingerprint density at radius 3 is 2.88 bits per heavy atom. The Morgan fingerprint density at radius 2 is 2.19 bits per heavy atom. The topological polar surface area (TPSA) is 28.7 Å². The molecule has 0 amide bonds. The van der Waals surface area contributed by atoms with E-state index in [1.807, 2.05) is 43.5 Å². The van der Waals surface area contributed by atoms with Crippen molar-refractivity contribution in [2.75, 3.05) is 0 Å². The lowest BCUT2D eigenvalue weighted by atomic mass is 10.1. The van der Waals surface area contributed by atoms with Crippen LogP contribution in [0.25, 0.3) is 23.9 Å². The molecule has 0 radical (unpaired) electrons. The zero-order chi connectivity index (χ0) is 11.4. The largest absolute Gasteiger partial charge is 0.285 e. The third-order valence-electron chi connectivity index (χ3n) is 2.41. The minimum atomic E-state index is 0.954. The monoisotopic (exact) mass is 210 g/mol. The lowest BCUT2D eigenvalue weighted by Crippen LogP contribution is -2.22. The fourth-order valence-corrected chi connectivity index (χ4v) is 1.53. The molecule has 0 bridgehead atoms. The first-order valence-corrected chi connectivity index (χ1v) is 5.23. The maximum atomic E-state index is 4.16. The van der Waals surface area contributed by atoms with E-state index in [0.717, 1.165) is 21.7 Å². The summed E-state index contributed by atoms with van der Waals surface area (Å²) in [5.41, 5.74) is 2.06. The van der Waals surface area contributed by atoms with E-state index in [1.54, 1.807) is 0 Å². The third-order valence-corrected chi connectivity index (χ3v) is 2.41. The second-order valence-corrected chi connectivity index (χ2v) is 3.57. The summed E-state index contributed by atoms with van der Waals surface area (Å²) in [7, 11) is 0. The van der Waals surface area contributed by atoms with Gasteiger partial charge in [0.25, 0.3) is 0 Å². The van der Waals surface area contributed by atoms with Gasteiger partial charge >= 0.3 is 0 Å². The van der Waals surface area contributed by atoms with Gasteiger partial charge < -0.3 is 0 Å². The van der Waals surface area contributed by atoms with Gasteiger partial charge in [-0.25, -0.2) is 0 Å². The molecule has 0 atom stereocenters. The molecule has 0 spiro atoms. The summed E-state index contributed by atoms with van der Waals surface area (Å²) in [5, 5.41) is 9.12. The van der Waals surface area contributed by atoms with Gasteiger partial charge in [0, 0.05) is 11.8 Å². The minimum absolute atomic E-state index is 0.954. The van der Waals surface area contributed by atoms with E-state index in [2.05, 4.69) is 28.9 Å². The fourth-order valence-electron chi connectivity index (χ4n) is 1.53. The van der Waals surface area contributed by atoms with Crippen LogP contribution in [0, 0.1) is 0 Å². The van der Waals surface area contributed by atoms with E-state index in [4.69, 9.17) is 0 Å². The van der Waals surface area contributed by atoms with Gasteiger partial charge in [-0.2, -0.15) is 5.10 Å². The van der Waals surface area contributed by atoms with Crippen molar-refractivity contribution in [3.05, 3.63) is 53.1 Å². The molecule has 0 aliphatic heterocycles. The van der Waals surface area contributed by atoms with Crippen LogP contribution in [0.15, 0.2) is 42.6 Å². The minimum Gasteiger partial charge on any atom is -0.285 e. The van der Waals surface area contributed by atoms with Gasteiger partial charge in [-0.3, -0.25) is 5.10 Å². The molecule has 0 saturated carbocycles. The number of nitrogens with one attached hydrogen (secondary N) is 1. The molecule has 0 aliphatic carbocycles. The van der Waals surface area contributed by atoms with Gasteiger partial charge in [0.1, 0.15) is 0 Å². The predicted molar refractivity (Wildman–Crippen MR) is 68.1 cm³/mol. The van der Waals surface area contributed by atoms with Crippen molar-refractivity contribution in [2.24, 2.45) is 0 Å². The fraction of sp³-hybridized carbons (Fsp3) is 0.0714. The molecule has 1 heterocycles. The molecule has 1 N–H and O–H groups in total. The number of H-pyrrole nitrogens is 1. The van der Waals surface area contributed by atoms with Crippen molar-refractivity contribution >= 4 is 12.7 Å². The lowest BCUT2D eigenvalue weighted by molar-refractivity contribution is 1.09. The van der Waals surface area contributed by atoms with Crippen molar-refractivity contribution in [1.29, 1.82) is 0 Å². The van der Waals surface area contributed by atoms with Gasteiger partial charge in [0.05, 0.1) is 5.69 Å². The van der Waals surface area contributed by atoms with Gasteiger partial charge in [0.2, 0.25) is 0 Å². The highest BCUT2D eigenvalue weighted by atomic mass is 15.1. The second-order valence-electron chi connectivity index (χ2n) is 3.57. The smallest absolute Gasteiger partial charge is 0.0920 e. The van der Waals surface area contributed by atoms with Crippen molar-refractivity contribution in [1.82, 2.24) is 10.2 Å². The summed E-state index contributed by atoms with van der Waals surface area (Å²) >= 11 is 0. The average molecular weight is 210 g/mol. The summed E-state index contributed by atoms with van der Waals surface area (Å²) < 4.78 is 0. The highest BCUT2D eigenvalue weighted by Gasteiger charge is 1.97. The first-order valence-electron chi connectivity index (χ1n) is 5.23. The standard InChI is InChI=1S/C14H14N2/c1-3-4-5-12-10-13(7-6-11(12)2)14-8-9-15-16-14/h3-10H,2H2,1H3,(H,15,16)/b4-3-,12-5-. The summed E-state index contributed by atoms with van der Waals surface area (Å²) in [4.78, 5) is 0. The molecular weight excluding hydrogens is 196 g/mol. The molecule has 16 heavy (non-hydrogen) atoms. The SMILES string of the molecule is C=c1ccc(-c2cc[nH]n2)c/c1=C/C=C\C. The quantitative estimate of drug-likeness (QED) is 0.805. The predicted octanol–water partition coefficient (Wildman–Crippen LogP) is 1.84. The molecule has 2 nitrogen and oxygen atoms in total. The van der Waals surface area contributed by atoms with Crippen molar-refractivity contribution in [3.63, 3.8) is 0 Å². The van der Waals surface area contributed by atoms with E-state index in [9.17, 15) is 0 Å². The molecule has 1 aromatic heterocycles. The van der Waals surface area contributed by atoms with Crippen LogP contribution in [-0.2, 0) is 0 Å². The first kappa shape index (κ1) is 10.4. The number of benzene rings is 1. The Kier molecular flexibility index (Phi) is 3.01. The molecule has 2 heteroatoms. The summed E-state index contributed by atoms with van der Waals surface area (Å²) in [6, 6.07) is 8.10. The van der Waals surface area contributed by atoms with Crippen LogP contribution in [-0.4, -0.2) is 10.2 Å². The average Bonchev–Trinajstić information content (AvgIpc) is 2.81. The van der Waals surface area contributed by atoms with Crippen molar-refractivity contribution in [2.45, 2.75) is 6.92 Å². The Bertz CT molecular complexity index is 592. The highest BCUT2D eigenvalue weighted by molar-refractivity contribution is 5.59. The van der Waals surface area contributed by atoms with Crippen LogP contribution in [0.3, 0.4) is 0 Å². The second kappa shape index (κ2) is 4.62. The number of rotatable bonds is 2. The van der Waals surface area contributed by atoms with E-state index >= 15 is 0 Å². The number of hydrogen-bond donors (Lipinski definition) is 1. The Morgan fingerprint density at radius 1 is 1.31 bits per heavy atom. The summed E-state index contributed by atoms with van der Waals surface area (Å²) in [5.74, 6) is 0. The number of nitrogens with zero attached hydrogens (tertiary/aromatic N) is 1. The molecule has 2 rings (SSSR count). The van der Waals surface area contributed by atoms with E-state index in [1.165, 1.54) is 0 Å². The first-order chi connectivity index (χ1) is 7.81. The van der Waals surface area contributed by atoms with Gasteiger partial charge in [-0.1, -0.05) is 36.9 Å². The highest BCUT2D eigenvalue weighted by Crippen LogP contribution is 2.11. The van der Waals surface area contributed by atoms with Crippen molar-refractivity contribution in [3.8, 4) is 11.3 Å². The lowest BCUT2D eigenvalue weighted by Gasteiger charge is -1.96. The number of aromatic amines is 1. The molecule has 2 aromatic rings. The number of hydrogen-bond acceptors (Lipinski definition) is 1. The summed E-state index contributed by atoms with van der Waals surface area (Å²) in [6.07, 6.45) is 7.89. The van der Waals surface area contributed by atoms with E-state index in [0.29, 0.717) is 0 Å². The Labute approximate surface area is 94.6 Å². The van der Waals surface area contributed by atoms with Crippen LogP contribution >= 0.6 is 0 Å². The normalized spacial score (nSPS) is 12.4. The molecular formula is C14H14N2. The summed E-state index contributed by atoms with van der Waals surface area (Å²) in [6.45, 7) is 6.00. The Hall–Kier alpha value is -2.09. The van der Waals surface area contributed by atoms with E-state index in [-0.39, 0.29) is 0 Å². The van der Waals surface area contributed by atoms with Gasteiger partial charge in [-0.05, 0) is 29.5 Å².